The Kier molecular flexibility index (Phi) is 6.81. The standard InChI is InChI=1S/C31H37N5O5/c1-18-11-19(5-6-20(18)13-34-14-23(15-34)35-21-7-8-22(35)17-41-16-21)12-32-25-4-2-3-24-28(25)31(40)36(30(24)39)26-9-10-27(37)33-29(26)38/h2-6,11,21-23,26-27,32,37H,7-10,12-17H2,1H3,(H,33,38). The summed E-state index contributed by atoms with van der Waals surface area (Å²) >= 11 is 0. The largest absolute Gasteiger partial charge is 0.380 e. The molecule has 216 valence electrons. The van der Waals surface area contributed by atoms with Crippen LogP contribution < -0.4 is 10.6 Å². The number of amides is 3. The van der Waals surface area contributed by atoms with Crippen molar-refractivity contribution in [2.45, 2.75) is 76.1 Å². The number of fused-ring (bicyclic) bond motifs is 3. The number of hydrogen-bond acceptors (Lipinski definition) is 8. The van der Waals surface area contributed by atoms with E-state index in [1.54, 1.807) is 18.2 Å². The lowest BCUT2D eigenvalue weighted by molar-refractivity contribution is -0.131. The molecule has 5 aliphatic rings. The molecule has 4 fully saturated rings. The van der Waals surface area contributed by atoms with E-state index < -0.39 is 30.0 Å². The molecule has 3 amide bonds. The van der Waals surface area contributed by atoms with Crippen LogP contribution in [0.4, 0.5) is 5.69 Å². The SMILES string of the molecule is Cc1cc(CNc2cccc3c2C(=O)N(C2CCC(O)NC2=O)C3=O)ccc1CN1CC(N2C3CCC2COC3)C1. The van der Waals surface area contributed by atoms with Gasteiger partial charge in [0.1, 0.15) is 12.3 Å². The highest BCUT2D eigenvalue weighted by Gasteiger charge is 2.46. The van der Waals surface area contributed by atoms with Crippen LogP contribution in [0.3, 0.4) is 0 Å². The molecule has 3 N–H and O–H groups in total. The van der Waals surface area contributed by atoms with Gasteiger partial charge < -0.3 is 20.5 Å². The Morgan fingerprint density at radius 3 is 2.49 bits per heavy atom. The summed E-state index contributed by atoms with van der Waals surface area (Å²) < 4.78 is 5.76. The highest BCUT2D eigenvalue weighted by atomic mass is 16.5. The number of ether oxygens (including phenoxy) is 1. The molecule has 5 aliphatic heterocycles. The Morgan fingerprint density at radius 2 is 1.76 bits per heavy atom. The Bertz CT molecular complexity index is 1370. The number of aryl methyl sites for hydroxylation is 1. The summed E-state index contributed by atoms with van der Waals surface area (Å²) in [6.45, 7) is 7.59. The normalized spacial score (nSPS) is 28.5. The predicted octanol–water partition coefficient (Wildman–Crippen LogP) is 1.85. The van der Waals surface area contributed by atoms with E-state index in [9.17, 15) is 19.5 Å². The molecule has 4 saturated heterocycles. The van der Waals surface area contributed by atoms with Crippen LogP contribution in [0.15, 0.2) is 36.4 Å². The molecule has 4 unspecified atom stereocenters. The minimum absolute atomic E-state index is 0.235. The van der Waals surface area contributed by atoms with Gasteiger partial charge in [-0.05, 0) is 61.4 Å². The quantitative estimate of drug-likeness (QED) is 0.441. The van der Waals surface area contributed by atoms with E-state index in [-0.39, 0.29) is 12.8 Å². The number of hydrogen-bond donors (Lipinski definition) is 3. The van der Waals surface area contributed by atoms with Crippen molar-refractivity contribution in [3.63, 3.8) is 0 Å². The van der Waals surface area contributed by atoms with Crippen LogP contribution in [0.1, 0.15) is 63.1 Å². The second-order valence-electron chi connectivity index (χ2n) is 12.2. The molecule has 2 aromatic rings. The summed E-state index contributed by atoms with van der Waals surface area (Å²) in [6, 6.07) is 12.6. The summed E-state index contributed by atoms with van der Waals surface area (Å²) in [6.07, 6.45) is 2.12. The molecule has 41 heavy (non-hydrogen) atoms. The average Bonchev–Trinajstić information content (AvgIpc) is 3.32. The zero-order valence-electron chi connectivity index (χ0n) is 23.3. The fraction of sp³-hybridized carbons (Fsp3) is 0.516. The Balaban J connectivity index is 0.978. The molecular weight excluding hydrogens is 522 g/mol. The molecule has 0 radical (unpaired) electrons. The topological polar surface area (TPSA) is 114 Å². The second kappa shape index (κ2) is 10.5. The van der Waals surface area contributed by atoms with E-state index in [2.05, 4.69) is 45.6 Å². The lowest BCUT2D eigenvalue weighted by atomic mass is 10.00. The summed E-state index contributed by atoms with van der Waals surface area (Å²) in [5.74, 6) is -1.46. The van der Waals surface area contributed by atoms with Gasteiger partial charge in [0.25, 0.3) is 11.8 Å². The summed E-state index contributed by atoms with van der Waals surface area (Å²) in [5.41, 5.74) is 4.81. The maximum atomic E-state index is 13.4. The van der Waals surface area contributed by atoms with Gasteiger partial charge in [0.05, 0.1) is 24.3 Å². The second-order valence-corrected chi connectivity index (χ2v) is 12.2. The molecule has 5 heterocycles. The molecular formula is C31H37N5O5. The number of likely N-dealkylation sites (tertiary alicyclic amines) is 1. The maximum Gasteiger partial charge on any atom is 0.264 e. The summed E-state index contributed by atoms with van der Waals surface area (Å²) in [4.78, 5) is 45.2. The van der Waals surface area contributed by atoms with Crippen molar-refractivity contribution in [3.05, 3.63) is 64.2 Å². The first-order chi connectivity index (χ1) is 19.9. The van der Waals surface area contributed by atoms with Crippen LogP contribution >= 0.6 is 0 Å². The van der Waals surface area contributed by atoms with Gasteiger partial charge in [0.2, 0.25) is 5.91 Å². The minimum atomic E-state index is -0.950. The Labute approximate surface area is 239 Å². The number of piperidine rings is 1. The van der Waals surface area contributed by atoms with Crippen LogP contribution in [0.2, 0.25) is 0 Å². The smallest absolute Gasteiger partial charge is 0.264 e. The third kappa shape index (κ3) is 4.72. The summed E-state index contributed by atoms with van der Waals surface area (Å²) in [7, 11) is 0. The third-order valence-electron chi connectivity index (χ3n) is 9.52. The van der Waals surface area contributed by atoms with Crippen LogP contribution in [-0.4, -0.2) is 94.2 Å². The van der Waals surface area contributed by atoms with Crippen molar-refractivity contribution >= 4 is 23.4 Å². The molecule has 0 aliphatic carbocycles. The fourth-order valence-corrected chi connectivity index (χ4v) is 7.36. The molecule has 0 saturated carbocycles. The molecule has 7 rings (SSSR count). The number of anilines is 1. The van der Waals surface area contributed by atoms with Crippen LogP contribution in [0, 0.1) is 6.92 Å². The van der Waals surface area contributed by atoms with Gasteiger partial charge in [-0.3, -0.25) is 29.1 Å². The predicted molar refractivity (Wildman–Crippen MR) is 151 cm³/mol. The number of benzene rings is 2. The number of rotatable bonds is 7. The van der Waals surface area contributed by atoms with Gasteiger partial charge in [0, 0.05) is 50.0 Å². The van der Waals surface area contributed by atoms with E-state index in [4.69, 9.17) is 4.74 Å². The number of nitrogens with one attached hydrogen (secondary N) is 2. The fourth-order valence-electron chi connectivity index (χ4n) is 7.36. The number of aliphatic hydroxyl groups excluding tert-OH is 1. The van der Waals surface area contributed by atoms with Gasteiger partial charge in [-0.25, -0.2) is 0 Å². The Hall–Kier alpha value is -3.31. The molecule has 0 spiro atoms. The first kappa shape index (κ1) is 26.6. The lowest BCUT2D eigenvalue weighted by Crippen LogP contribution is -2.64. The van der Waals surface area contributed by atoms with Crippen molar-refractivity contribution in [1.29, 1.82) is 0 Å². The van der Waals surface area contributed by atoms with E-state index in [0.717, 1.165) is 43.3 Å². The van der Waals surface area contributed by atoms with Crippen LogP contribution in [0.5, 0.6) is 0 Å². The molecule has 0 aromatic heterocycles. The number of aliphatic hydroxyl groups is 1. The molecule has 4 atom stereocenters. The van der Waals surface area contributed by atoms with E-state index >= 15 is 0 Å². The van der Waals surface area contributed by atoms with Gasteiger partial charge in [-0.1, -0.05) is 24.3 Å². The van der Waals surface area contributed by atoms with Crippen LogP contribution in [-0.2, 0) is 22.6 Å². The molecule has 10 nitrogen and oxygen atoms in total. The van der Waals surface area contributed by atoms with E-state index in [1.807, 2.05) is 0 Å². The van der Waals surface area contributed by atoms with Crippen LogP contribution in [0.25, 0.3) is 0 Å². The zero-order valence-corrected chi connectivity index (χ0v) is 23.3. The highest BCUT2D eigenvalue weighted by molar-refractivity contribution is 6.25. The summed E-state index contributed by atoms with van der Waals surface area (Å²) in [5, 5.41) is 15.5. The lowest BCUT2D eigenvalue weighted by Gasteiger charge is -2.50. The van der Waals surface area contributed by atoms with Gasteiger partial charge >= 0.3 is 0 Å². The van der Waals surface area contributed by atoms with E-state index in [1.165, 1.54) is 24.0 Å². The number of imide groups is 1. The molecule has 2 bridgehead atoms. The van der Waals surface area contributed by atoms with E-state index in [0.29, 0.717) is 41.5 Å². The van der Waals surface area contributed by atoms with Gasteiger partial charge in [-0.15, -0.1) is 0 Å². The molecule has 10 heteroatoms. The average molecular weight is 560 g/mol. The number of carbonyl (C=O) groups excluding carboxylic acids is 3. The zero-order chi connectivity index (χ0) is 28.2. The first-order valence-corrected chi connectivity index (χ1v) is 14.8. The van der Waals surface area contributed by atoms with Gasteiger partial charge in [0.15, 0.2) is 0 Å². The highest BCUT2D eigenvalue weighted by Crippen LogP contribution is 2.35. The number of carbonyl (C=O) groups is 3. The molecule has 2 aromatic carbocycles. The monoisotopic (exact) mass is 559 g/mol. The maximum absolute atomic E-state index is 13.4. The minimum Gasteiger partial charge on any atom is -0.380 e. The van der Waals surface area contributed by atoms with Crippen molar-refractivity contribution in [3.8, 4) is 0 Å². The number of nitrogens with zero attached hydrogens (tertiary/aromatic N) is 3. The van der Waals surface area contributed by atoms with Gasteiger partial charge in [-0.2, -0.15) is 0 Å². The first-order valence-electron chi connectivity index (χ1n) is 14.8. The van der Waals surface area contributed by atoms with Crippen molar-refractivity contribution < 1.29 is 24.2 Å². The third-order valence-corrected chi connectivity index (χ3v) is 9.52. The van der Waals surface area contributed by atoms with Crippen molar-refractivity contribution in [2.24, 2.45) is 0 Å². The Morgan fingerprint density at radius 1 is 0.976 bits per heavy atom. The van der Waals surface area contributed by atoms with Crippen molar-refractivity contribution in [2.75, 3.05) is 31.6 Å². The number of morpholine rings is 1. The van der Waals surface area contributed by atoms with Crippen molar-refractivity contribution in [1.82, 2.24) is 20.0 Å².